The number of carbonyl (C=O) groups is 1. The van der Waals surface area contributed by atoms with E-state index in [2.05, 4.69) is 10.4 Å². The molecule has 32 heavy (non-hydrogen) atoms. The van der Waals surface area contributed by atoms with Gasteiger partial charge in [-0.15, -0.1) is 5.10 Å². The number of amides is 1. The standard InChI is InChI=1S/C21H23ClN4O5S/c1-25(11-18(27)23-15-7-5-14(22)6-8-15)12-26-21(32)31-20(24-26)13-9-16(28-2)19(30-4)17(10-13)29-3/h5-10H,11-12H2,1-4H3,(H,23,27). The van der Waals surface area contributed by atoms with E-state index in [0.29, 0.717) is 33.5 Å². The molecule has 1 amide bonds. The number of likely N-dealkylation sites (N-methyl/N-ethyl adjacent to an activating group) is 1. The second-order valence-electron chi connectivity index (χ2n) is 6.80. The van der Waals surface area contributed by atoms with E-state index >= 15 is 0 Å². The average molecular weight is 479 g/mol. The van der Waals surface area contributed by atoms with Crippen LogP contribution in [0.3, 0.4) is 0 Å². The first-order valence-corrected chi connectivity index (χ1v) is 10.3. The molecule has 1 aromatic heterocycles. The number of nitrogens with one attached hydrogen (secondary N) is 1. The maximum atomic E-state index is 12.3. The van der Waals surface area contributed by atoms with Crippen molar-refractivity contribution in [2.75, 3.05) is 40.2 Å². The maximum Gasteiger partial charge on any atom is 0.288 e. The first kappa shape index (κ1) is 23.6. The van der Waals surface area contributed by atoms with Crippen molar-refractivity contribution in [3.63, 3.8) is 0 Å². The fourth-order valence-electron chi connectivity index (χ4n) is 2.97. The Labute approximate surface area is 195 Å². The molecule has 0 unspecified atom stereocenters. The van der Waals surface area contributed by atoms with E-state index in [4.69, 9.17) is 42.4 Å². The van der Waals surface area contributed by atoms with Crippen LogP contribution in [0.2, 0.25) is 5.02 Å². The maximum absolute atomic E-state index is 12.3. The fraction of sp³-hybridized carbons (Fsp3) is 0.286. The minimum Gasteiger partial charge on any atom is -0.493 e. The van der Waals surface area contributed by atoms with Crippen LogP contribution < -0.4 is 19.5 Å². The van der Waals surface area contributed by atoms with Crippen molar-refractivity contribution in [1.82, 2.24) is 14.7 Å². The van der Waals surface area contributed by atoms with Gasteiger partial charge in [-0.1, -0.05) is 11.6 Å². The van der Waals surface area contributed by atoms with Gasteiger partial charge in [0.2, 0.25) is 17.5 Å². The molecule has 0 saturated heterocycles. The monoisotopic (exact) mass is 478 g/mol. The predicted molar refractivity (Wildman–Crippen MR) is 123 cm³/mol. The lowest BCUT2D eigenvalue weighted by Gasteiger charge is -2.15. The molecule has 0 aliphatic heterocycles. The Bertz CT molecular complexity index is 1120. The van der Waals surface area contributed by atoms with Gasteiger partial charge >= 0.3 is 0 Å². The molecule has 2 aromatic carbocycles. The molecule has 11 heteroatoms. The van der Waals surface area contributed by atoms with E-state index in [1.807, 2.05) is 0 Å². The largest absolute Gasteiger partial charge is 0.493 e. The van der Waals surface area contributed by atoms with Crippen LogP contribution >= 0.6 is 23.8 Å². The Morgan fingerprint density at radius 2 is 1.78 bits per heavy atom. The van der Waals surface area contributed by atoms with Crippen molar-refractivity contribution >= 4 is 35.4 Å². The van der Waals surface area contributed by atoms with Gasteiger partial charge < -0.3 is 23.9 Å². The zero-order valence-electron chi connectivity index (χ0n) is 18.0. The summed E-state index contributed by atoms with van der Waals surface area (Å²) in [7, 11) is 6.36. The minimum absolute atomic E-state index is 0.122. The van der Waals surface area contributed by atoms with Crippen molar-refractivity contribution in [1.29, 1.82) is 0 Å². The van der Waals surface area contributed by atoms with Gasteiger partial charge in [0.25, 0.3) is 4.84 Å². The van der Waals surface area contributed by atoms with Gasteiger partial charge in [-0.2, -0.15) is 0 Å². The zero-order chi connectivity index (χ0) is 23.3. The molecule has 9 nitrogen and oxygen atoms in total. The number of aromatic nitrogens is 2. The highest BCUT2D eigenvalue weighted by molar-refractivity contribution is 7.71. The van der Waals surface area contributed by atoms with Gasteiger partial charge in [-0.05, 0) is 55.7 Å². The lowest BCUT2D eigenvalue weighted by Crippen LogP contribution is -2.32. The highest BCUT2D eigenvalue weighted by Gasteiger charge is 2.18. The van der Waals surface area contributed by atoms with Crippen LogP contribution in [0, 0.1) is 4.84 Å². The van der Waals surface area contributed by atoms with Crippen LogP contribution in [0.15, 0.2) is 40.8 Å². The van der Waals surface area contributed by atoms with Crippen molar-refractivity contribution in [2.24, 2.45) is 0 Å². The molecule has 0 saturated carbocycles. The van der Waals surface area contributed by atoms with Crippen molar-refractivity contribution < 1.29 is 23.4 Å². The molecule has 0 fully saturated rings. The van der Waals surface area contributed by atoms with Crippen molar-refractivity contribution in [3.05, 3.63) is 46.3 Å². The number of halogens is 1. The fourth-order valence-corrected chi connectivity index (χ4v) is 3.28. The number of methoxy groups -OCH3 is 3. The van der Waals surface area contributed by atoms with Gasteiger partial charge in [-0.25, -0.2) is 4.68 Å². The van der Waals surface area contributed by atoms with Crippen LogP contribution in [0.5, 0.6) is 17.2 Å². The third-order valence-corrected chi connectivity index (χ3v) is 4.98. The molecule has 3 aromatic rings. The molecule has 1 heterocycles. The minimum atomic E-state index is -0.185. The average Bonchev–Trinajstić information content (AvgIpc) is 3.14. The number of ether oxygens (including phenoxy) is 3. The van der Waals surface area contributed by atoms with E-state index in [0.717, 1.165) is 0 Å². The third kappa shape index (κ3) is 5.58. The van der Waals surface area contributed by atoms with Gasteiger partial charge in [-0.3, -0.25) is 9.69 Å². The van der Waals surface area contributed by atoms with Crippen molar-refractivity contribution in [2.45, 2.75) is 6.67 Å². The Balaban J connectivity index is 1.72. The third-order valence-electron chi connectivity index (χ3n) is 4.43. The SMILES string of the molecule is COc1cc(-c2nn(CN(C)CC(=O)Nc3ccc(Cl)cc3)c(=S)o2)cc(OC)c1OC. The summed E-state index contributed by atoms with van der Waals surface area (Å²) in [5.41, 5.74) is 1.27. The number of nitrogens with zero attached hydrogens (tertiary/aromatic N) is 3. The second kappa shape index (κ2) is 10.5. The van der Waals surface area contributed by atoms with Crippen LogP contribution in [0.4, 0.5) is 5.69 Å². The van der Waals surface area contributed by atoms with Crippen LogP contribution in [-0.2, 0) is 11.5 Å². The molecule has 3 rings (SSSR count). The summed E-state index contributed by atoms with van der Waals surface area (Å²) in [6.45, 7) is 0.373. The number of rotatable bonds is 9. The number of anilines is 1. The first-order chi connectivity index (χ1) is 15.3. The summed E-state index contributed by atoms with van der Waals surface area (Å²) in [4.78, 5) is 14.2. The van der Waals surface area contributed by atoms with E-state index < -0.39 is 0 Å². The Hall–Kier alpha value is -3.08. The number of carbonyl (C=O) groups excluding carboxylic acids is 1. The van der Waals surface area contributed by atoms with Crippen LogP contribution in [-0.4, -0.2) is 55.5 Å². The summed E-state index contributed by atoms with van der Waals surface area (Å²) in [5, 5.41) is 7.84. The topological polar surface area (TPSA) is 91.0 Å². The van der Waals surface area contributed by atoms with Crippen molar-refractivity contribution in [3.8, 4) is 28.7 Å². The predicted octanol–water partition coefficient (Wildman–Crippen LogP) is 4.08. The lowest BCUT2D eigenvalue weighted by molar-refractivity contribution is -0.117. The van der Waals surface area contributed by atoms with Crippen LogP contribution in [0.1, 0.15) is 0 Å². The van der Waals surface area contributed by atoms with Gasteiger partial charge in [0, 0.05) is 16.3 Å². The normalized spacial score (nSPS) is 10.8. The molecule has 170 valence electrons. The van der Waals surface area contributed by atoms with Gasteiger partial charge in [0.15, 0.2) is 11.5 Å². The smallest absolute Gasteiger partial charge is 0.288 e. The lowest BCUT2D eigenvalue weighted by atomic mass is 10.2. The van der Waals surface area contributed by atoms with Gasteiger partial charge in [0.1, 0.15) is 0 Å². The summed E-state index contributed by atoms with van der Waals surface area (Å²) in [5.74, 6) is 1.49. The Morgan fingerprint density at radius 1 is 1.16 bits per heavy atom. The molecular formula is C21H23ClN4O5S. The Kier molecular flexibility index (Phi) is 7.73. The summed E-state index contributed by atoms with van der Waals surface area (Å²) in [6, 6.07) is 10.3. The molecule has 0 radical (unpaired) electrons. The molecule has 0 atom stereocenters. The van der Waals surface area contributed by atoms with Crippen LogP contribution in [0.25, 0.3) is 11.5 Å². The zero-order valence-corrected chi connectivity index (χ0v) is 19.6. The quantitative estimate of drug-likeness (QED) is 0.460. The highest BCUT2D eigenvalue weighted by Crippen LogP contribution is 2.40. The van der Waals surface area contributed by atoms with E-state index in [1.54, 1.807) is 48.3 Å². The Morgan fingerprint density at radius 3 is 2.34 bits per heavy atom. The number of hydrogen-bond donors (Lipinski definition) is 1. The molecule has 1 N–H and O–H groups in total. The van der Waals surface area contributed by atoms with E-state index in [-0.39, 0.29) is 29.8 Å². The highest BCUT2D eigenvalue weighted by atomic mass is 35.5. The van der Waals surface area contributed by atoms with E-state index in [1.165, 1.54) is 26.0 Å². The van der Waals surface area contributed by atoms with E-state index in [9.17, 15) is 4.79 Å². The number of benzene rings is 2. The second-order valence-corrected chi connectivity index (χ2v) is 7.58. The number of hydrogen-bond acceptors (Lipinski definition) is 8. The summed E-state index contributed by atoms with van der Waals surface area (Å²) in [6.07, 6.45) is 0. The molecular weight excluding hydrogens is 456 g/mol. The molecule has 0 aliphatic carbocycles. The first-order valence-electron chi connectivity index (χ1n) is 9.47. The molecule has 0 spiro atoms. The molecule has 0 aliphatic rings. The van der Waals surface area contributed by atoms with Gasteiger partial charge in [0.05, 0.1) is 34.5 Å². The summed E-state index contributed by atoms with van der Waals surface area (Å²) < 4.78 is 23.2. The molecule has 0 bridgehead atoms. The summed E-state index contributed by atoms with van der Waals surface area (Å²) >= 11 is 11.2.